The smallest absolute Gasteiger partial charge is 0.376 e. The highest BCUT2D eigenvalue weighted by Gasteiger charge is 2.44. The molecule has 234 valence electrons. The van der Waals surface area contributed by atoms with E-state index in [1.165, 1.54) is 63.9 Å². The zero-order valence-electron chi connectivity index (χ0n) is 26.3. The maximum absolute atomic E-state index is 11.9. The van der Waals surface area contributed by atoms with Gasteiger partial charge in [-0.2, -0.15) is 13.2 Å². The van der Waals surface area contributed by atoms with Crippen LogP contribution >= 0.6 is 0 Å². The third kappa shape index (κ3) is 18.8. The van der Waals surface area contributed by atoms with Crippen molar-refractivity contribution in [3.63, 3.8) is 0 Å². The number of ether oxygens (including phenoxy) is 1. The zero-order chi connectivity index (χ0) is 31.1. The third-order valence-electron chi connectivity index (χ3n) is 6.93. The molecule has 1 aliphatic heterocycles. The lowest BCUT2D eigenvalue weighted by atomic mass is 9.86. The van der Waals surface area contributed by atoms with Gasteiger partial charge in [0.25, 0.3) is 0 Å². The minimum Gasteiger partial charge on any atom is -0.376 e. The number of nitrogens with zero attached hydrogens (tertiary/aromatic N) is 1. The first kappa shape index (κ1) is 38.8. The molecule has 3 aliphatic rings. The van der Waals surface area contributed by atoms with Gasteiger partial charge in [0, 0.05) is 26.1 Å². The topological polar surface area (TPSA) is 41.6 Å². The van der Waals surface area contributed by atoms with Gasteiger partial charge in [0.05, 0.1) is 18.7 Å². The van der Waals surface area contributed by atoms with Crippen LogP contribution in [0.15, 0.2) is 66.8 Å². The van der Waals surface area contributed by atoms with Crippen molar-refractivity contribution in [2.45, 2.75) is 79.5 Å². The number of carbonyl (C=O) groups is 1. The Bertz CT molecular complexity index is 854. The van der Waals surface area contributed by atoms with Gasteiger partial charge in [-0.1, -0.05) is 95.3 Å². The van der Waals surface area contributed by atoms with Gasteiger partial charge >= 0.3 is 6.18 Å². The van der Waals surface area contributed by atoms with Crippen LogP contribution in [0, 0.1) is 17.8 Å². The molecule has 3 fully saturated rings. The van der Waals surface area contributed by atoms with Gasteiger partial charge in [-0.05, 0) is 63.1 Å². The van der Waals surface area contributed by atoms with Crippen molar-refractivity contribution in [3.8, 4) is 0 Å². The number of Topliss-reactive ketones (excluding diaryl/α,β-unsaturated/α-hetero) is 1. The lowest BCUT2D eigenvalue weighted by Gasteiger charge is -2.24. The van der Waals surface area contributed by atoms with E-state index in [0.29, 0.717) is 13.0 Å². The number of carbonyl (C=O) groups excluding carboxylic acids is 1. The van der Waals surface area contributed by atoms with Crippen LogP contribution in [0.2, 0.25) is 0 Å². The Morgan fingerprint density at radius 1 is 1.12 bits per heavy atom. The number of rotatable bonds is 10. The number of nitrogens with one attached hydrogen (secondary N) is 1. The lowest BCUT2D eigenvalue weighted by molar-refractivity contribution is -0.117. The fourth-order valence-corrected chi connectivity index (χ4v) is 4.20. The quantitative estimate of drug-likeness (QED) is 0.282. The monoisotopic (exact) mass is 580 g/mol. The summed E-state index contributed by atoms with van der Waals surface area (Å²) in [6, 6.07) is 10.4. The Balaban J connectivity index is 0.000000523. The molecule has 1 aromatic rings. The largest absolute Gasteiger partial charge is 0.416 e. The van der Waals surface area contributed by atoms with E-state index in [1.54, 1.807) is 7.05 Å². The van der Waals surface area contributed by atoms with E-state index in [4.69, 9.17) is 4.74 Å². The molecule has 7 heteroatoms. The maximum Gasteiger partial charge on any atom is 0.416 e. The molecule has 1 heterocycles. The summed E-state index contributed by atoms with van der Waals surface area (Å²) in [4.78, 5) is 12.9. The van der Waals surface area contributed by atoms with Crippen LogP contribution in [0.5, 0.6) is 0 Å². The number of allylic oxidation sites excluding steroid dienone is 5. The number of alkyl halides is 3. The molecular formula is C34H55F3N2O2. The van der Waals surface area contributed by atoms with Crippen molar-refractivity contribution in [2.75, 3.05) is 39.8 Å². The van der Waals surface area contributed by atoms with E-state index in [9.17, 15) is 18.0 Å². The molecule has 1 aromatic carbocycles. The maximum atomic E-state index is 11.9. The molecule has 4 rings (SSSR count). The van der Waals surface area contributed by atoms with Crippen LogP contribution < -0.4 is 5.32 Å². The number of hydrogen-bond acceptors (Lipinski definition) is 4. The molecular weight excluding hydrogens is 525 g/mol. The summed E-state index contributed by atoms with van der Waals surface area (Å²) < 4.78 is 41.4. The summed E-state index contributed by atoms with van der Waals surface area (Å²) in [5.74, 6) is 3.36. The van der Waals surface area contributed by atoms with Crippen LogP contribution in [0.1, 0.15) is 72.3 Å². The molecule has 0 radical (unpaired) electrons. The first-order valence-electron chi connectivity index (χ1n) is 15.2. The molecule has 0 spiro atoms. The molecule has 2 unspecified atom stereocenters. The average molecular weight is 581 g/mol. The molecule has 41 heavy (non-hydrogen) atoms. The van der Waals surface area contributed by atoms with E-state index < -0.39 is 11.7 Å². The molecule has 1 saturated heterocycles. The first-order valence-corrected chi connectivity index (χ1v) is 15.2. The number of likely N-dealkylation sites (N-methyl/N-ethyl adjacent to an activating group) is 1. The summed E-state index contributed by atoms with van der Waals surface area (Å²) in [7, 11) is 1.77. The average Bonchev–Trinajstić information content (AvgIpc) is 3.56. The Kier molecular flexibility index (Phi) is 22.1. The second-order valence-electron chi connectivity index (χ2n) is 10.2. The second kappa shape index (κ2) is 23.4. The number of hydrogen-bond donors (Lipinski definition) is 1. The van der Waals surface area contributed by atoms with Gasteiger partial charge in [0.2, 0.25) is 0 Å². The lowest BCUT2D eigenvalue weighted by Crippen LogP contribution is -2.21. The predicted molar refractivity (Wildman–Crippen MR) is 167 cm³/mol. The highest BCUT2D eigenvalue weighted by Crippen LogP contribution is 2.44. The van der Waals surface area contributed by atoms with Gasteiger partial charge in [-0.25, -0.2) is 0 Å². The fraction of sp³-hybridized carbons (Fsp3) is 0.618. The summed E-state index contributed by atoms with van der Waals surface area (Å²) in [6.45, 7) is 19.1. The molecule has 0 amide bonds. The second-order valence-corrected chi connectivity index (χ2v) is 10.2. The molecule has 0 aromatic heterocycles. The van der Waals surface area contributed by atoms with E-state index >= 15 is 0 Å². The van der Waals surface area contributed by atoms with Gasteiger partial charge < -0.3 is 15.0 Å². The number of likely N-dealkylation sites (tertiary alicyclic amines) is 1. The summed E-state index contributed by atoms with van der Waals surface area (Å²) in [6.07, 6.45) is 6.42. The van der Waals surface area contributed by atoms with Crippen molar-refractivity contribution < 1.29 is 22.7 Å². The Morgan fingerprint density at radius 3 is 2.10 bits per heavy atom. The normalized spacial score (nSPS) is 19.5. The number of halogens is 3. The highest BCUT2D eigenvalue weighted by molar-refractivity contribution is 5.79. The molecule has 2 atom stereocenters. The summed E-state index contributed by atoms with van der Waals surface area (Å²) >= 11 is 0. The van der Waals surface area contributed by atoms with Crippen LogP contribution in [0.4, 0.5) is 13.2 Å². The van der Waals surface area contributed by atoms with Gasteiger partial charge in [-0.15, -0.1) is 0 Å². The van der Waals surface area contributed by atoms with Gasteiger partial charge in [0.15, 0.2) is 0 Å². The number of fused-ring (bicyclic) bond motifs is 1. The van der Waals surface area contributed by atoms with Crippen LogP contribution in [-0.4, -0.2) is 56.7 Å². The Labute approximate surface area is 248 Å². The van der Waals surface area contributed by atoms with E-state index in [1.807, 2.05) is 26.8 Å². The minimum absolute atomic E-state index is 0.266. The van der Waals surface area contributed by atoms with Crippen molar-refractivity contribution >= 4 is 5.78 Å². The van der Waals surface area contributed by atoms with Crippen molar-refractivity contribution in [1.82, 2.24) is 10.2 Å². The first-order chi connectivity index (χ1) is 19.7. The number of piperidine rings is 1. The zero-order valence-corrected chi connectivity index (χ0v) is 26.3. The molecule has 1 N–H and O–H groups in total. The molecule has 2 aliphatic carbocycles. The van der Waals surface area contributed by atoms with E-state index in [0.717, 1.165) is 49.2 Å². The van der Waals surface area contributed by atoms with Gasteiger partial charge in [0.1, 0.15) is 5.78 Å². The van der Waals surface area contributed by atoms with Gasteiger partial charge in [-0.3, -0.25) is 4.79 Å². The van der Waals surface area contributed by atoms with Crippen LogP contribution in [0.3, 0.4) is 0 Å². The summed E-state index contributed by atoms with van der Waals surface area (Å²) in [5, 5.41) is 2.77. The van der Waals surface area contributed by atoms with E-state index in [-0.39, 0.29) is 5.78 Å². The third-order valence-corrected chi connectivity index (χ3v) is 6.93. The van der Waals surface area contributed by atoms with E-state index in [2.05, 4.69) is 48.0 Å². The van der Waals surface area contributed by atoms with Crippen molar-refractivity contribution in [3.05, 3.63) is 72.4 Å². The molecule has 0 bridgehead atoms. The Hall–Kier alpha value is -2.22. The number of benzene rings is 1. The van der Waals surface area contributed by atoms with Crippen LogP contribution in [-0.2, 0) is 16.1 Å². The predicted octanol–water partition coefficient (Wildman–Crippen LogP) is 8.41. The van der Waals surface area contributed by atoms with Crippen molar-refractivity contribution in [1.29, 1.82) is 0 Å². The number of ketones is 1. The minimum atomic E-state index is -4.28. The SMILES string of the molecule is C=C/C=C(\C=C\C)C(F)(F)F.CC.CCC(=O)CNC.CCN1CC2CC2C1.c1ccc(COCC2CCC2)cc1. The summed E-state index contributed by atoms with van der Waals surface area (Å²) in [5.41, 5.74) is 0.594. The molecule has 4 nitrogen and oxygen atoms in total. The fourth-order valence-electron chi connectivity index (χ4n) is 4.20. The van der Waals surface area contributed by atoms with Crippen molar-refractivity contribution in [2.24, 2.45) is 17.8 Å². The van der Waals surface area contributed by atoms with Crippen LogP contribution in [0.25, 0.3) is 0 Å². The highest BCUT2D eigenvalue weighted by atomic mass is 19.4. The molecule has 2 saturated carbocycles. The Morgan fingerprint density at radius 2 is 1.73 bits per heavy atom. The standard InChI is InChI=1S/C12H16O.C8H9F3.C7H13N.C5H11NO.C2H6/c1-2-5-11(6-3-1)9-13-10-12-7-4-8-12;1-3-5-7(6-4-2)8(9,10)11;1-2-8-4-6-3-7(6)5-8;1-3-5(7)4-6-2;1-2/h1-3,5-6,12H,4,7-10H2;3-6H,1H2,2H3;6-7H,2-5H2,1H3;6H,3-4H2,1-2H3;1-2H3/b;6-4+,7-5+;;;.